The van der Waals surface area contributed by atoms with Gasteiger partial charge in [-0.05, 0) is 49.4 Å². The van der Waals surface area contributed by atoms with E-state index in [4.69, 9.17) is 0 Å². The molecule has 6 nitrogen and oxygen atoms in total. The summed E-state index contributed by atoms with van der Waals surface area (Å²) in [5, 5.41) is 0. The van der Waals surface area contributed by atoms with Crippen LogP contribution in [0, 0.1) is 0 Å². The number of likely N-dealkylation sites (tertiary alicyclic amines) is 2. The van der Waals surface area contributed by atoms with Gasteiger partial charge in [0.05, 0.1) is 16.6 Å². The molecule has 2 fully saturated rings. The van der Waals surface area contributed by atoms with Gasteiger partial charge < -0.3 is 4.90 Å². The van der Waals surface area contributed by atoms with E-state index in [0.29, 0.717) is 19.0 Å². The molecule has 6 heteroatoms. The maximum atomic E-state index is 13.3. The lowest BCUT2D eigenvalue weighted by atomic mass is 9.84. The van der Waals surface area contributed by atoms with E-state index < -0.39 is 0 Å². The minimum atomic E-state index is -0.170. The zero-order valence-corrected chi connectivity index (χ0v) is 20.0. The fraction of sp³-hybridized carbons (Fsp3) is 0.481. The monoisotopic (exact) mass is 446 g/mol. The second-order valence-electron chi connectivity index (χ2n) is 10.0. The van der Waals surface area contributed by atoms with E-state index in [0.717, 1.165) is 49.8 Å². The first-order chi connectivity index (χ1) is 15.9. The van der Waals surface area contributed by atoms with Gasteiger partial charge in [-0.15, -0.1) is 0 Å². The van der Waals surface area contributed by atoms with E-state index in [2.05, 4.69) is 59.2 Å². The van der Waals surface area contributed by atoms with Crippen molar-refractivity contribution in [2.24, 2.45) is 14.1 Å². The van der Waals surface area contributed by atoms with Crippen molar-refractivity contribution in [3.8, 4) is 0 Å². The minimum absolute atomic E-state index is 0.00554. The molecule has 3 heterocycles. The lowest BCUT2D eigenvalue weighted by Gasteiger charge is -2.46. The van der Waals surface area contributed by atoms with Crippen molar-refractivity contribution >= 4 is 16.9 Å². The summed E-state index contributed by atoms with van der Waals surface area (Å²) in [7, 11) is 3.66. The molecule has 0 N–H and O–H groups in total. The Kier molecular flexibility index (Phi) is 5.65. The van der Waals surface area contributed by atoms with Crippen LogP contribution in [0.5, 0.6) is 0 Å². The topological polar surface area (TPSA) is 50.5 Å². The van der Waals surface area contributed by atoms with Crippen molar-refractivity contribution in [3.05, 3.63) is 70.1 Å². The van der Waals surface area contributed by atoms with Gasteiger partial charge in [-0.1, -0.05) is 42.8 Å². The standard InChI is InChI=1S/C27H34N4O2/c1-27-15-16-30(18-21-13-14-22-23(17-21)29(3)26(33)28(22)2)24(27)11-7-8-12-25(32)31(27)19-20-9-5-4-6-10-20/h4-6,9-10,13-14,17,24H,7-8,11-12,15-16,18-19H2,1-3H3/t24-,27-/m1/s1. The third-order valence-electron chi connectivity index (χ3n) is 8.01. The molecule has 0 saturated carbocycles. The Bertz CT molecular complexity index is 1230. The zero-order valence-electron chi connectivity index (χ0n) is 20.0. The molecule has 2 saturated heterocycles. The van der Waals surface area contributed by atoms with Crippen LogP contribution in [0.2, 0.25) is 0 Å². The first-order valence-corrected chi connectivity index (χ1v) is 12.1. The van der Waals surface area contributed by atoms with E-state index in [1.54, 1.807) is 9.13 Å². The number of hydrogen-bond acceptors (Lipinski definition) is 3. The average Bonchev–Trinajstić information content (AvgIpc) is 3.24. The molecule has 1 amide bonds. The highest BCUT2D eigenvalue weighted by Crippen LogP contribution is 2.40. The highest BCUT2D eigenvalue weighted by atomic mass is 16.2. The smallest absolute Gasteiger partial charge is 0.328 e. The van der Waals surface area contributed by atoms with Crippen molar-refractivity contribution in [2.75, 3.05) is 6.54 Å². The molecule has 2 aliphatic heterocycles. The van der Waals surface area contributed by atoms with Gasteiger partial charge in [0.25, 0.3) is 0 Å². The van der Waals surface area contributed by atoms with Crippen LogP contribution in [-0.2, 0) is 32.0 Å². The average molecular weight is 447 g/mol. The van der Waals surface area contributed by atoms with Crippen LogP contribution in [0.3, 0.4) is 0 Å². The Morgan fingerprint density at radius 1 is 0.909 bits per heavy atom. The number of nitrogens with zero attached hydrogens (tertiary/aromatic N) is 4. The van der Waals surface area contributed by atoms with Gasteiger partial charge in [0.2, 0.25) is 5.91 Å². The number of aromatic nitrogens is 2. The van der Waals surface area contributed by atoms with Gasteiger partial charge >= 0.3 is 5.69 Å². The van der Waals surface area contributed by atoms with Gasteiger partial charge in [-0.25, -0.2) is 4.79 Å². The Balaban J connectivity index is 1.44. The maximum Gasteiger partial charge on any atom is 0.328 e. The number of imidazole rings is 1. The fourth-order valence-corrected chi connectivity index (χ4v) is 6.04. The van der Waals surface area contributed by atoms with Crippen molar-refractivity contribution in [3.63, 3.8) is 0 Å². The third kappa shape index (κ3) is 3.80. The second-order valence-corrected chi connectivity index (χ2v) is 10.0. The predicted molar refractivity (Wildman–Crippen MR) is 131 cm³/mol. The van der Waals surface area contributed by atoms with Gasteiger partial charge in [0.15, 0.2) is 0 Å². The largest absolute Gasteiger partial charge is 0.331 e. The van der Waals surface area contributed by atoms with Crippen LogP contribution in [0.1, 0.15) is 50.2 Å². The molecular formula is C27H34N4O2. The van der Waals surface area contributed by atoms with Gasteiger partial charge in [-0.2, -0.15) is 0 Å². The van der Waals surface area contributed by atoms with E-state index >= 15 is 0 Å². The highest BCUT2D eigenvalue weighted by molar-refractivity contribution is 5.78. The summed E-state index contributed by atoms with van der Waals surface area (Å²) in [5.41, 5.74) is 4.18. The van der Waals surface area contributed by atoms with Crippen molar-refractivity contribution < 1.29 is 4.79 Å². The summed E-state index contributed by atoms with van der Waals surface area (Å²) in [5.74, 6) is 0.286. The summed E-state index contributed by atoms with van der Waals surface area (Å²) in [6.07, 6.45) is 4.80. The summed E-state index contributed by atoms with van der Waals surface area (Å²) in [6.45, 7) is 4.80. The quantitative estimate of drug-likeness (QED) is 0.612. The second kappa shape index (κ2) is 8.49. The highest BCUT2D eigenvalue weighted by Gasteiger charge is 2.49. The van der Waals surface area contributed by atoms with Crippen LogP contribution in [0.15, 0.2) is 53.3 Å². The van der Waals surface area contributed by atoms with Gasteiger partial charge in [0, 0.05) is 46.2 Å². The number of amides is 1. The number of rotatable bonds is 4. The zero-order chi connectivity index (χ0) is 23.2. The van der Waals surface area contributed by atoms with E-state index in [9.17, 15) is 9.59 Å². The molecule has 0 aliphatic carbocycles. The van der Waals surface area contributed by atoms with Crippen LogP contribution >= 0.6 is 0 Å². The normalized spacial score (nSPS) is 24.2. The van der Waals surface area contributed by atoms with Crippen molar-refractivity contribution in [2.45, 2.75) is 63.7 Å². The van der Waals surface area contributed by atoms with Crippen LogP contribution in [0.25, 0.3) is 11.0 Å². The predicted octanol–water partition coefficient (Wildman–Crippen LogP) is 3.81. The number of hydrogen-bond donors (Lipinski definition) is 0. The summed E-state index contributed by atoms with van der Waals surface area (Å²) in [4.78, 5) is 30.4. The fourth-order valence-electron chi connectivity index (χ4n) is 6.04. The molecule has 0 unspecified atom stereocenters. The number of carbonyl (C=O) groups is 1. The lowest BCUT2D eigenvalue weighted by molar-refractivity contribution is -0.140. The van der Waals surface area contributed by atoms with E-state index in [1.165, 1.54) is 11.1 Å². The molecule has 0 radical (unpaired) electrons. The summed E-state index contributed by atoms with van der Waals surface area (Å²) in [6, 6.07) is 17.1. The molecule has 3 aromatic rings. The number of fused-ring (bicyclic) bond motifs is 2. The van der Waals surface area contributed by atoms with Crippen molar-refractivity contribution in [1.82, 2.24) is 18.9 Å². The first-order valence-electron chi connectivity index (χ1n) is 12.1. The molecule has 33 heavy (non-hydrogen) atoms. The van der Waals surface area contributed by atoms with Crippen LogP contribution in [-0.4, -0.2) is 43.0 Å². The Hall–Kier alpha value is -2.86. The molecular weight excluding hydrogens is 412 g/mol. The van der Waals surface area contributed by atoms with Crippen LogP contribution < -0.4 is 5.69 Å². The molecule has 2 aliphatic rings. The Labute approximate surface area is 195 Å². The maximum absolute atomic E-state index is 13.3. The van der Waals surface area contributed by atoms with Crippen molar-refractivity contribution in [1.29, 1.82) is 0 Å². The first kappa shape index (κ1) is 22.0. The molecule has 0 spiro atoms. The molecule has 2 aromatic carbocycles. The Morgan fingerprint density at radius 3 is 2.45 bits per heavy atom. The lowest BCUT2D eigenvalue weighted by Crippen LogP contribution is -2.57. The minimum Gasteiger partial charge on any atom is -0.331 e. The number of aryl methyl sites for hydroxylation is 2. The summed E-state index contributed by atoms with van der Waals surface area (Å²) >= 11 is 0. The van der Waals surface area contributed by atoms with Gasteiger partial charge in [-0.3, -0.25) is 18.8 Å². The van der Waals surface area contributed by atoms with E-state index in [-0.39, 0.29) is 17.1 Å². The molecule has 0 bridgehead atoms. The van der Waals surface area contributed by atoms with Crippen LogP contribution in [0.4, 0.5) is 0 Å². The molecule has 5 rings (SSSR count). The number of carbonyl (C=O) groups excluding carboxylic acids is 1. The molecule has 1 aromatic heterocycles. The third-order valence-corrected chi connectivity index (χ3v) is 8.01. The molecule has 2 atom stereocenters. The number of benzene rings is 2. The summed E-state index contributed by atoms with van der Waals surface area (Å²) < 4.78 is 3.43. The SMILES string of the molecule is Cn1c(=O)n(C)c2cc(CN3CC[C@]4(C)[C@H]3CCCCC(=O)N4Cc3ccccc3)ccc21. The van der Waals surface area contributed by atoms with Gasteiger partial charge in [0.1, 0.15) is 0 Å². The Morgan fingerprint density at radius 2 is 1.67 bits per heavy atom. The molecule has 174 valence electrons. The van der Waals surface area contributed by atoms with E-state index in [1.807, 2.05) is 20.2 Å².